The normalized spacial score (nSPS) is 18.3. The smallest absolute Gasteiger partial charge is 0.234 e. The Bertz CT molecular complexity index is 254. The van der Waals surface area contributed by atoms with Crippen molar-refractivity contribution in [3.8, 4) is 0 Å². The summed E-state index contributed by atoms with van der Waals surface area (Å²) in [5.41, 5.74) is 5.64. The third kappa shape index (κ3) is 4.97. The molecule has 1 aliphatic rings. The molecule has 1 rings (SSSR count). The fraction of sp³-hybridized carbons (Fsp3) is 0.800. The minimum absolute atomic E-state index is 0.0962. The summed E-state index contributed by atoms with van der Waals surface area (Å²) < 4.78 is 0. The van der Waals surface area contributed by atoms with E-state index in [2.05, 4.69) is 27.4 Å². The maximum atomic E-state index is 11.1. The standard InChI is InChI=1S/C10H21N5O/c1-2-3-13-10(11)14-5-7-15-6-4-12-9(16)8-15/h2-8H2,1H3,(H,12,16)(H3,11,13,14). The summed E-state index contributed by atoms with van der Waals surface area (Å²) in [6.07, 6.45) is 0.995. The largest absolute Gasteiger partial charge is 0.370 e. The van der Waals surface area contributed by atoms with Gasteiger partial charge in [0, 0.05) is 32.7 Å². The van der Waals surface area contributed by atoms with Crippen LogP contribution in [0.25, 0.3) is 0 Å². The maximum Gasteiger partial charge on any atom is 0.234 e. The molecule has 4 N–H and O–H groups in total. The molecule has 1 fully saturated rings. The number of nitrogens with two attached hydrogens (primary N) is 1. The van der Waals surface area contributed by atoms with Gasteiger partial charge in [-0.05, 0) is 6.42 Å². The lowest BCUT2D eigenvalue weighted by Gasteiger charge is -2.26. The first-order valence-corrected chi connectivity index (χ1v) is 5.75. The van der Waals surface area contributed by atoms with Gasteiger partial charge < -0.3 is 16.4 Å². The molecule has 6 heteroatoms. The van der Waals surface area contributed by atoms with E-state index in [9.17, 15) is 4.79 Å². The highest BCUT2D eigenvalue weighted by atomic mass is 16.2. The van der Waals surface area contributed by atoms with Gasteiger partial charge in [-0.3, -0.25) is 14.7 Å². The molecule has 0 aromatic rings. The van der Waals surface area contributed by atoms with Gasteiger partial charge >= 0.3 is 0 Å². The zero-order chi connectivity index (χ0) is 11.8. The van der Waals surface area contributed by atoms with Crippen molar-refractivity contribution in [2.24, 2.45) is 10.7 Å². The van der Waals surface area contributed by atoms with Crippen LogP contribution >= 0.6 is 0 Å². The fourth-order valence-electron chi connectivity index (χ4n) is 1.51. The van der Waals surface area contributed by atoms with E-state index < -0.39 is 0 Å². The number of carbonyl (C=O) groups is 1. The number of guanidine groups is 1. The molecular formula is C10H21N5O. The molecule has 0 atom stereocenters. The van der Waals surface area contributed by atoms with Crippen molar-refractivity contribution in [2.45, 2.75) is 13.3 Å². The Balaban J connectivity index is 2.12. The molecular weight excluding hydrogens is 206 g/mol. The Kier molecular flexibility index (Phi) is 5.63. The SMILES string of the molecule is CCCN=C(N)NCCN1CCNC(=O)C1. The van der Waals surface area contributed by atoms with Crippen molar-refractivity contribution in [2.75, 3.05) is 39.3 Å². The van der Waals surface area contributed by atoms with Crippen LogP contribution < -0.4 is 16.4 Å². The van der Waals surface area contributed by atoms with Crippen LogP contribution in [0.15, 0.2) is 4.99 Å². The molecule has 1 saturated heterocycles. The lowest BCUT2D eigenvalue weighted by atomic mass is 10.3. The molecule has 0 bridgehead atoms. The Labute approximate surface area is 96.3 Å². The molecule has 0 unspecified atom stereocenters. The lowest BCUT2D eigenvalue weighted by molar-refractivity contribution is -0.124. The first kappa shape index (κ1) is 12.8. The number of nitrogens with zero attached hydrogens (tertiary/aromatic N) is 2. The summed E-state index contributed by atoms with van der Waals surface area (Å²) in [5, 5.41) is 5.82. The predicted molar refractivity (Wildman–Crippen MR) is 64.2 cm³/mol. The van der Waals surface area contributed by atoms with E-state index in [1.807, 2.05) is 0 Å². The second-order valence-corrected chi connectivity index (χ2v) is 3.82. The van der Waals surface area contributed by atoms with E-state index in [0.717, 1.165) is 39.1 Å². The first-order chi connectivity index (χ1) is 7.72. The lowest BCUT2D eigenvalue weighted by Crippen LogP contribution is -2.50. The first-order valence-electron chi connectivity index (χ1n) is 5.75. The van der Waals surface area contributed by atoms with E-state index in [1.54, 1.807) is 0 Å². The van der Waals surface area contributed by atoms with Crippen molar-refractivity contribution in [1.82, 2.24) is 15.5 Å². The highest BCUT2D eigenvalue weighted by molar-refractivity contribution is 5.79. The van der Waals surface area contributed by atoms with Crippen LogP contribution in [0.3, 0.4) is 0 Å². The summed E-state index contributed by atoms with van der Waals surface area (Å²) in [6, 6.07) is 0. The van der Waals surface area contributed by atoms with E-state index >= 15 is 0 Å². The molecule has 0 aliphatic carbocycles. The van der Waals surface area contributed by atoms with Crippen molar-refractivity contribution >= 4 is 11.9 Å². The van der Waals surface area contributed by atoms with E-state index in [0.29, 0.717) is 12.5 Å². The van der Waals surface area contributed by atoms with Gasteiger partial charge in [0.25, 0.3) is 0 Å². The number of aliphatic imine (C=N–C) groups is 1. The Morgan fingerprint density at radius 3 is 3.19 bits per heavy atom. The van der Waals surface area contributed by atoms with Gasteiger partial charge in [0.15, 0.2) is 5.96 Å². The minimum atomic E-state index is 0.0962. The third-order valence-corrected chi connectivity index (χ3v) is 2.36. The number of amides is 1. The summed E-state index contributed by atoms with van der Waals surface area (Å²) in [5.74, 6) is 0.585. The monoisotopic (exact) mass is 227 g/mol. The average Bonchev–Trinajstić information content (AvgIpc) is 2.26. The van der Waals surface area contributed by atoms with Gasteiger partial charge in [0.1, 0.15) is 0 Å². The highest BCUT2D eigenvalue weighted by Gasteiger charge is 2.14. The number of rotatable bonds is 5. The number of hydrogen-bond donors (Lipinski definition) is 3. The van der Waals surface area contributed by atoms with E-state index in [-0.39, 0.29) is 5.91 Å². The Morgan fingerprint density at radius 2 is 2.50 bits per heavy atom. The van der Waals surface area contributed by atoms with Gasteiger partial charge in [-0.25, -0.2) is 0 Å². The summed E-state index contributed by atoms with van der Waals surface area (Å²) in [7, 11) is 0. The number of hydrogen-bond acceptors (Lipinski definition) is 3. The van der Waals surface area contributed by atoms with E-state index in [1.165, 1.54) is 0 Å². The predicted octanol–water partition coefficient (Wildman–Crippen LogP) is -1.27. The zero-order valence-corrected chi connectivity index (χ0v) is 9.83. The average molecular weight is 227 g/mol. The number of carbonyl (C=O) groups excluding carboxylic acids is 1. The van der Waals surface area contributed by atoms with Crippen LogP contribution in [0, 0.1) is 0 Å². The van der Waals surface area contributed by atoms with Crippen molar-refractivity contribution in [3.63, 3.8) is 0 Å². The van der Waals surface area contributed by atoms with Crippen molar-refractivity contribution in [1.29, 1.82) is 0 Å². The third-order valence-electron chi connectivity index (χ3n) is 2.36. The number of piperazine rings is 1. The van der Waals surface area contributed by atoms with Gasteiger partial charge in [0.2, 0.25) is 5.91 Å². The molecule has 0 spiro atoms. The zero-order valence-electron chi connectivity index (χ0n) is 9.83. The molecule has 0 radical (unpaired) electrons. The molecule has 92 valence electrons. The van der Waals surface area contributed by atoms with Crippen molar-refractivity contribution in [3.05, 3.63) is 0 Å². The van der Waals surface area contributed by atoms with E-state index in [4.69, 9.17) is 5.73 Å². The maximum absolute atomic E-state index is 11.1. The molecule has 6 nitrogen and oxygen atoms in total. The second-order valence-electron chi connectivity index (χ2n) is 3.82. The molecule has 0 saturated carbocycles. The van der Waals surface area contributed by atoms with Gasteiger partial charge in [-0.1, -0.05) is 6.92 Å². The molecule has 0 aromatic carbocycles. The molecule has 1 aliphatic heterocycles. The molecule has 1 amide bonds. The van der Waals surface area contributed by atoms with Crippen LogP contribution in [0.5, 0.6) is 0 Å². The minimum Gasteiger partial charge on any atom is -0.370 e. The summed E-state index contributed by atoms with van der Waals surface area (Å²) >= 11 is 0. The quantitative estimate of drug-likeness (QED) is 0.404. The molecule has 0 aromatic heterocycles. The highest BCUT2D eigenvalue weighted by Crippen LogP contribution is 1.91. The molecule has 1 heterocycles. The van der Waals surface area contributed by atoms with Crippen LogP contribution in [-0.4, -0.2) is 56.0 Å². The van der Waals surface area contributed by atoms with Gasteiger partial charge in [0.05, 0.1) is 6.54 Å². The Morgan fingerprint density at radius 1 is 1.69 bits per heavy atom. The van der Waals surface area contributed by atoms with Crippen molar-refractivity contribution < 1.29 is 4.79 Å². The van der Waals surface area contributed by atoms with Gasteiger partial charge in [-0.15, -0.1) is 0 Å². The topological polar surface area (TPSA) is 82.8 Å². The van der Waals surface area contributed by atoms with Crippen LogP contribution in [0.2, 0.25) is 0 Å². The number of nitrogens with one attached hydrogen (secondary N) is 2. The Hall–Kier alpha value is -1.30. The van der Waals surface area contributed by atoms with Crippen LogP contribution in [0.4, 0.5) is 0 Å². The van der Waals surface area contributed by atoms with Gasteiger partial charge in [-0.2, -0.15) is 0 Å². The molecule has 16 heavy (non-hydrogen) atoms. The van der Waals surface area contributed by atoms with Crippen LogP contribution in [0.1, 0.15) is 13.3 Å². The summed E-state index contributed by atoms with van der Waals surface area (Å²) in [4.78, 5) is 17.3. The second kappa shape index (κ2) is 7.05. The summed E-state index contributed by atoms with van der Waals surface area (Å²) in [6.45, 7) is 6.47. The van der Waals surface area contributed by atoms with Crippen LogP contribution in [-0.2, 0) is 4.79 Å². The fourth-order valence-corrected chi connectivity index (χ4v) is 1.51.